The van der Waals surface area contributed by atoms with Crippen LogP contribution in [0.5, 0.6) is 0 Å². The molecule has 0 aromatic rings. The Balaban J connectivity index is 2.78. The van der Waals surface area contributed by atoms with Crippen LogP contribution in [-0.2, 0) is 0 Å². The second kappa shape index (κ2) is 6.55. The van der Waals surface area contributed by atoms with Crippen molar-refractivity contribution in [2.45, 2.75) is 69.9 Å². The summed E-state index contributed by atoms with van der Waals surface area (Å²) >= 11 is 0. The van der Waals surface area contributed by atoms with Gasteiger partial charge in [0.1, 0.15) is 0 Å². The van der Waals surface area contributed by atoms with E-state index in [0.717, 1.165) is 25.7 Å². The predicted octanol–water partition coefficient (Wildman–Crippen LogP) is 3.36. The Morgan fingerprint density at radius 3 is 2.18 bits per heavy atom. The number of rotatable bonds is 5. The van der Waals surface area contributed by atoms with Gasteiger partial charge in [0.25, 0.3) is 0 Å². The lowest BCUT2D eigenvalue weighted by atomic mass is 9.80. The SMILES string of the molecule is C=C(CC)CC(O)C1(N(C)C)CCCCCC1. The highest BCUT2D eigenvalue weighted by atomic mass is 16.3. The van der Waals surface area contributed by atoms with Crippen LogP contribution in [0.2, 0.25) is 0 Å². The normalized spacial score (nSPS) is 22.2. The average Bonchev–Trinajstić information content (AvgIpc) is 2.54. The van der Waals surface area contributed by atoms with Gasteiger partial charge in [-0.05, 0) is 39.8 Å². The second-order valence-corrected chi connectivity index (χ2v) is 5.74. The Labute approximate surface area is 107 Å². The fourth-order valence-corrected chi connectivity index (χ4v) is 3.03. The van der Waals surface area contributed by atoms with E-state index in [1.165, 1.54) is 31.3 Å². The summed E-state index contributed by atoms with van der Waals surface area (Å²) in [7, 11) is 4.23. The molecule has 17 heavy (non-hydrogen) atoms. The van der Waals surface area contributed by atoms with E-state index in [4.69, 9.17) is 0 Å². The number of hydrogen-bond acceptors (Lipinski definition) is 2. The lowest BCUT2D eigenvalue weighted by Crippen LogP contribution is -2.53. The molecule has 0 amide bonds. The fourth-order valence-electron chi connectivity index (χ4n) is 3.03. The molecule has 0 heterocycles. The molecule has 1 rings (SSSR count). The smallest absolute Gasteiger partial charge is 0.0760 e. The summed E-state index contributed by atoms with van der Waals surface area (Å²) < 4.78 is 0. The lowest BCUT2D eigenvalue weighted by Gasteiger charge is -2.43. The van der Waals surface area contributed by atoms with E-state index in [0.29, 0.717) is 0 Å². The topological polar surface area (TPSA) is 23.5 Å². The maximum atomic E-state index is 10.6. The van der Waals surface area contributed by atoms with E-state index in [9.17, 15) is 5.11 Å². The van der Waals surface area contributed by atoms with Crippen molar-refractivity contribution in [1.82, 2.24) is 4.90 Å². The first-order valence-corrected chi connectivity index (χ1v) is 7.05. The van der Waals surface area contributed by atoms with Gasteiger partial charge in [-0.2, -0.15) is 0 Å². The number of hydrogen-bond donors (Lipinski definition) is 1. The highest BCUT2D eigenvalue weighted by Crippen LogP contribution is 2.36. The largest absolute Gasteiger partial charge is 0.391 e. The van der Waals surface area contributed by atoms with E-state index in [1.807, 2.05) is 0 Å². The molecule has 0 aliphatic heterocycles. The van der Waals surface area contributed by atoms with Gasteiger partial charge in [-0.3, -0.25) is 0 Å². The van der Waals surface area contributed by atoms with Crippen LogP contribution in [0, 0.1) is 0 Å². The van der Waals surface area contributed by atoms with Crippen LogP contribution in [0.1, 0.15) is 58.3 Å². The molecule has 1 aliphatic carbocycles. The van der Waals surface area contributed by atoms with E-state index < -0.39 is 0 Å². The van der Waals surface area contributed by atoms with Gasteiger partial charge in [-0.25, -0.2) is 0 Å². The molecule has 0 saturated heterocycles. The Hall–Kier alpha value is -0.340. The van der Waals surface area contributed by atoms with Crippen molar-refractivity contribution in [3.05, 3.63) is 12.2 Å². The predicted molar refractivity (Wildman–Crippen MR) is 74.2 cm³/mol. The highest BCUT2D eigenvalue weighted by Gasteiger charge is 2.39. The van der Waals surface area contributed by atoms with Crippen LogP contribution in [0.4, 0.5) is 0 Å². The third kappa shape index (κ3) is 3.56. The Morgan fingerprint density at radius 1 is 1.24 bits per heavy atom. The zero-order valence-electron chi connectivity index (χ0n) is 11.8. The highest BCUT2D eigenvalue weighted by molar-refractivity contribution is 5.04. The van der Waals surface area contributed by atoms with Crippen LogP contribution in [0.15, 0.2) is 12.2 Å². The number of aliphatic hydroxyl groups excluding tert-OH is 1. The molecule has 0 aromatic carbocycles. The van der Waals surface area contributed by atoms with Gasteiger partial charge in [0.2, 0.25) is 0 Å². The molecule has 0 bridgehead atoms. The Morgan fingerprint density at radius 2 is 1.76 bits per heavy atom. The van der Waals surface area contributed by atoms with Gasteiger partial charge in [-0.15, -0.1) is 0 Å². The fraction of sp³-hybridized carbons (Fsp3) is 0.867. The van der Waals surface area contributed by atoms with Crippen molar-refractivity contribution in [3.8, 4) is 0 Å². The molecule has 1 N–H and O–H groups in total. The lowest BCUT2D eigenvalue weighted by molar-refractivity contribution is -0.0176. The quantitative estimate of drug-likeness (QED) is 0.587. The first-order valence-electron chi connectivity index (χ1n) is 7.05. The van der Waals surface area contributed by atoms with Crippen LogP contribution in [0.3, 0.4) is 0 Å². The molecule has 0 aromatic heterocycles. The zero-order chi connectivity index (χ0) is 12.9. The molecular weight excluding hydrogens is 210 g/mol. The third-order valence-corrected chi connectivity index (χ3v) is 4.46. The summed E-state index contributed by atoms with van der Waals surface area (Å²) in [5, 5.41) is 10.6. The van der Waals surface area contributed by atoms with Gasteiger partial charge in [0, 0.05) is 5.54 Å². The number of likely N-dealkylation sites (N-methyl/N-ethyl adjacent to an activating group) is 1. The van der Waals surface area contributed by atoms with Crippen molar-refractivity contribution in [1.29, 1.82) is 0 Å². The summed E-state index contributed by atoms with van der Waals surface area (Å²) in [6.07, 6.45) is 8.84. The van der Waals surface area contributed by atoms with E-state index in [2.05, 4.69) is 32.5 Å². The van der Waals surface area contributed by atoms with Crippen molar-refractivity contribution in [3.63, 3.8) is 0 Å². The number of aliphatic hydroxyl groups is 1. The standard InChI is InChI=1S/C15H29NO/c1-5-13(2)12-14(17)15(16(3)4)10-8-6-7-9-11-15/h14,17H,2,5-12H2,1,3-4H3. The average molecular weight is 239 g/mol. The minimum Gasteiger partial charge on any atom is -0.391 e. The van der Waals surface area contributed by atoms with Gasteiger partial charge in [-0.1, -0.05) is 44.8 Å². The molecular formula is C15H29NO. The molecule has 100 valence electrons. The first kappa shape index (κ1) is 14.7. The summed E-state index contributed by atoms with van der Waals surface area (Å²) in [5.41, 5.74) is 1.15. The Bertz CT molecular complexity index is 239. The van der Waals surface area contributed by atoms with E-state index in [-0.39, 0.29) is 11.6 Å². The molecule has 1 aliphatic rings. The monoisotopic (exact) mass is 239 g/mol. The van der Waals surface area contributed by atoms with Gasteiger partial charge >= 0.3 is 0 Å². The molecule has 1 fully saturated rings. The number of nitrogens with zero attached hydrogens (tertiary/aromatic N) is 1. The van der Waals surface area contributed by atoms with Gasteiger partial charge in [0.05, 0.1) is 6.10 Å². The third-order valence-electron chi connectivity index (χ3n) is 4.46. The van der Waals surface area contributed by atoms with Crippen LogP contribution >= 0.6 is 0 Å². The molecule has 0 spiro atoms. The summed E-state index contributed by atoms with van der Waals surface area (Å²) in [4.78, 5) is 2.26. The van der Waals surface area contributed by atoms with Crippen LogP contribution in [0.25, 0.3) is 0 Å². The van der Waals surface area contributed by atoms with Gasteiger partial charge < -0.3 is 10.0 Å². The molecule has 1 atom stereocenters. The summed E-state index contributed by atoms with van der Waals surface area (Å²) in [5.74, 6) is 0. The van der Waals surface area contributed by atoms with Crippen molar-refractivity contribution < 1.29 is 5.11 Å². The first-order chi connectivity index (χ1) is 8.03. The molecule has 2 nitrogen and oxygen atoms in total. The maximum Gasteiger partial charge on any atom is 0.0760 e. The summed E-state index contributed by atoms with van der Waals surface area (Å²) in [6, 6.07) is 0. The zero-order valence-corrected chi connectivity index (χ0v) is 11.8. The summed E-state index contributed by atoms with van der Waals surface area (Å²) in [6.45, 7) is 6.16. The molecule has 0 radical (unpaired) electrons. The van der Waals surface area contributed by atoms with Crippen molar-refractivity contribution in [2.75, 3.05) is 14.1 Å². The van der Waals surface area contributed by atoms with Crippen LogP contribution in [-0.4, -0.2) is 35.7 Å². The minimum atomic E-state index is -0.261. The molecule has 1 saturated carbocycles. The molecule has 1 unspecified atom stereocenters. The van der Waals surface area contributed by atoms with Crippen molar-refractivity contribution >= 4 is 0 Å². The molecule has 2 heteroatoms. The maximum absolute atomic E-state index is 10.6. The van der Waals surface area contributed by atoms with Gasteiger partial charge in [0.15, 0.2) is 0 Å². The Kier molecular flexibility index (Phi) is 5.68. The van der Waals surface area contributed by atoms with Crippen LogP contribution < -0.4 is 0 Å². The van der Waals surface area contributed by atoms with E-state index >= 15 is 0 Å². The van der Waals surface area contributed by atoms with Crippen molar-refractivity contribution in [2.24, 2.45) is 0 Å². The minimum absolute atomic E-state index is 0.0192. The van der Waals surface area contributed by atoms with E-state index in [1.54, 1.807) is 0 Å². The second-order valence-electron chi connectivity index (χ2n) is 5.74.